The molecule has 0 spiro atoms. The van der Waals surface area contributed by atoms with Crippen LogP contribution in [0.25, 0.3) is 0 Å². The lowest BCUT2D eigenvalue weighted by Gasteiger charge is -1.94. The summed E-state index contributed by atoms with van der Waals surface area (Å²) < 4.78 is 0. The van der Waals surface area contributed by atoms with Crippen LogP contribution in [-0.4, -0.2) is 0 Å². The Morgan fingerprint density at radius 3 is 2.30 bits per heavy atom. The Morgan fingerprint density at radius 1 is 1.30 bits per heavy atom. The lowest BCUT2D eigenvalue weighted by atomic mass is 10.1. The average Bonchev–Trinajstić information content (AvgIpc) is 1.87. The zero-order valence-electron chi connectivity index (χ0n) is 7.02. The van der Waals surface area contributed by atoms with Crippen molar-refractivity contribution >= 4 is 12.6 Å². The molecule has 0 aliphatic heterocycles. The van der Waals surface area contributed by atoms with Gasteiger partial charge < -0.3 is 0 Å². The van der Waals surface area contributed by atoms with Crippen LogP contribution in [0.3, 0.4) is 0 Å². The minimum Gasteiger partial charge on any atom is -0.151 e. The maximum atomic E-state index is 4.06. The highest BCUT2D eigenvalue weighted by atomic mass is 32.1. The van der Waals surface area contributed by atoms with Crippen molar-refractivity contribution in [1.82, 2.24) is 0 Å². The highest BCUT2D eigenvalue weighted by Gasteiger charge is 1.85. The summed E-state index contributed by atoms with van der Waals surface area (Å²) in [6.07, 6.45) is 4.53. The van der Waals surface area contributed by atoms with Crippen molar-refractivity contribution < 1.29 is 0 Å². The molecule has 0 aliphatic carbocycles. The molecular formula is C9H16S. The van der Waals surface area contributed by atoms with Crippen molar-refractivity contribution in [3.63, 3.8) is 0 Å². The summed E-state index contributed by atoms with van der Waals surface area (Å²) in [7, 11) is 0. The standard InChI is InChI=1S/C9H16S/c1-8(2)5-4-6-9(3)7-10/h5,7,10H,4,6H2,1-3H3/b9-7+. The van der Waals surface area contributed by atoms with E-state index in [9.17, 15) is 0 Å². The Balaban J connectivity index is 3.47. The third-order valence-electron chi connectivity index (χ3n) is 1.31. The molecule has 0 saturated heterocycles. The normalized spacial score (nSPS) is 11.4. The first kappa shape index (κ1) is 9.83. The second kappa shape index (κ2) is 5.60. The van der Waals surface area contributed by atoms with Crippen LogP contribution in [0.15, 0.2) is 22.6 Å². The Morgan fingerprint density at radius 2 is 1.90 bits per heavy atom. The molecule has 58 valence electrons. The fourth-order valence-electron chi connectivity index (χ4n) is 0.653. The second-order valence-electron chi connectivity index (χ2n) is 2.80. The number of hydrogen-bond donors (Lipinski definition) is 1. The lowest BCUT2D eigenvalue weighted by Crippen LogP contribution is -1.74. The topological polar surface area (TPSA) is 0 Å². The molecule has 0 rings (SSSR count). The molecular weight excluding hydrogens is 140 g/mol. The molecule has 0 fully saturated rings. The van der Waals surface area contributed by atoms with Crippen LogP contribution in [0.1, 0.15) is 33.6 Å². The van der Waals surface area contributed by atoms with Crippen LogP contribution < -0.4 is 0 Å². The first-order valence-electron chi connectivity index (χ1n) is 3.60. The molecule has 0 radical (unpaired) electrons. The van der Waals surface area contributed by atoms with Crippen molar-refractivity contribution in [3.05, 3.63) is 22.6 Å². The zero-order valence-corrected chi connectivity index (χ0v) is 7.91. The van der Waals surface area contributed by atoms with Gasteiger partial charge in [0.25, 0.3) is 0 Å². The molecule has 0 heterocycles. The van der Waals surface area contributed by atoms with Crippen molar-refractivity contribution in [1.29, 1.82) is 0 Å². The summed E-state index contributed by atoms with van der Waals surface area (Å²) in [4.78, 5) is 0. The predicted molar refractivity (Wildman–Crippen MR) is 51.4 cm³/mol. The number of thiol groups is 1. The van der Waals surface area contributed by atoms with E-state index in [2.05, 4.69) is 39.5 Å². The summed E-state index contributed by atoms with van der Waals surface area (Å²) in [6.45, 7) is 6.35. The van der Waals surface area contributed by atoms with Gasteiger partial charge >= 0.3 is 0 Å². The molecule has 1 heteroatoms. The molecule has 0 bridgehead atoms. The summed E-state index contributed by atoms with van der Waals surface area (Å²) in [5.41, 5.74) is 2.74. The van der Waals surface area contributed by atoms with E-state index < -0.39 is 0 Å². The molecule has 0 aliphatic rings. The molecule has 0 unspecified atom stereocenters. The molecule has 0 N–H and O–H groups in total. The highest BCUT2D eigenvalue weighted by Crippen LogP contribution is 2.06. The molecule has 10 heavy (non-hydrogen) atoms. The first-order chi connectivity index (χ1) is 4.66. The fraction of sp³-hybridized carbons (Fsp3) is 0.556. The van der Waals surface area contributed by atoms with Crippen LogP contribution in [0, 0.1) is 0 Å². The van der Waals surface area contributed by atoms with Gasteiger partial charge in [0.2, 0.25) is 0 Å². The highest BCUT2D eigenvalue weighted by molar-refractivity contribution is 7.83. The average molecular weight is 156 g/mol. The Kier molecular flexibility index (Phi) is 5.51. The van der Waals surface area contributed by atoms with Crippen molar-refractivity contribution in [2.45, 2.75) is 33.6 Å². The van der Waals surface area contributed by atoms with E-state index in [1.54, 1.807) is 0 Å². The summed E-state index contributed by atoms with van der Waals surface area (Å²) >= 11 is 4.06. The molecule has 0 atom stereocenters. The molecule has 0 aromatic carbocycles. The third-order valence-corrected chi connectivity index (χ3v) is 1.75. The van der Waals surface area contributed by atoms with Crippen LogP contribution in [0.5, 0.6) is 0 Å². The van der Waals surface area contributed by atoms with Gasteiger partial charge in [0.05, 0.1) is 0 Å². The molecule has 0 amide bonds. The van der Waals surface area contributed by atoms with Gasteiger partial charge in [0.15, 0.2) is 0 Å². The molecule has 0 aromatic heterocycles. The molecule has 0 saturated carbocycles. The Labute approximate surface area is 69.4 Å². The van der Waals surface area contributed by atoms with E-state index in [-0.39, 0.29) is 0 Å². The second-order valence-corrected chi connectivity index (χ2v) is 3.05. The number of allylic oxidation sites excluding steroid dienone is 3. The van der Waals surface area contributed by atoms with E-state index in [0.29, 0.717) is 0 Å². The van der Waals surface area contributed by atoms with E-state index in [1.807, 2.05) is 5.41 Å². The number of rotatable bonds is 3. The quantitative estimate of drug-likeness (QED) is 0.469. The van der Waals surface area contributed by atoms with Gasteiger partial charge in [0, 0.05) is 0 Å². The predicted octanol–water partition coefficient (Wildman–Crippen LogP) is 3.57. The zero-order chi connectivity index (χ0) is 7.98. The van der Waals surface area contributed by atoms with Crippen molar-refractivity contribution in [2.24, 2.45) is 0 Å². The summed E-state index contributed by atoms with van der Waals surface area (Å²) in [5.74, 6) is 0. The largest absolute Gasteiger partial charge is 0.151 e. The monoisotopic (exact) mass is 156 g/mol. The van der Waals surface area contributed by atoms with Gasteiger partial charge in [-0.25, -0.2) is 0 Å². The third kappa shape index (κ3) is 5.96. The van der Waals surface area contributed by atoms with Gasteiger partial charge in [-0.2, -0.15) is 12.6 Å². The Bertz CT molecular complexity index is 139. The lowest BCUT2D eigenvalue weighted by molar-refractivity contribution is 0.971. The van der Waals surface area contributed by atoms with E-state index in [0.717, 1.165) is 12.8 Å². The van der Waals surface area contributed by atoms with Gasteiger partial charge in [-0.1, -0.05) is 17.2 Å². The van der Waals surface area contributed by atoms with E-state index in [4.69, 9.17) is 0 Å². The summed E-state index contributed by atoms with van der Waals surface area (Å²) in [5, 5.41) is 1.87. The number of hydrogen-bond acceptors (Lipinski definition) is 1. The van der Waals surface area contributed by atoms with Gasteiger partial charge in [-0.05, 0) is 39.0 Å². The van der Waals surface area contributed by atoms with Crippen LogP contribution in [0.4, 0.5) is 0 Å². The molecule has 0 nitrogen and oxygen atoms in total. The van der Waals surface area contributed by atoms with E-state index in [1.165, 1.54) is 11.1 Å². The SMILES string of the molecule is CC(C)=CCC/C(C)=C/S. The van der Waals surface area contributed by atoms with Crippen LogP contribution >= 0.6 is 12.6 Å². The van der Waals surface area contributed by atoms with E-state index >= 15 is 0 Å². The maximum Gasteiger partial charge on any atom is -0.0280 e. The van der Waals surface area contributed by atoms with Gasteiger partial charge in [0.1, 0.15) is 0 Å². The molecule has 0 aromatic rings. The van der Waals surface area contributed by atoms with Gasteiger partial charge in [-0.15, -0.1) is 0 Å². The first-order valence-corrected chi connectivity index (χ1v) is 4.11. The van der Waals surface area contributed by atoms with Gasteiger partial charge in [-0.3, -0.25) is 0 Å². The minimum absolute atomic E-state index is 1.13. The van der Waals surface area contributed by atoms with Crippen LogP contribution in [-0.2, 0) is 0 Å². The summed E-state index contributed by atoms with van der Waals surface area (Å²) in [6, 6.07) is 0. The minimum atomic E-state index is 1.13. The maximum absolute atomic E-state index is 4.06. The Hall–Kier alpha value is -0.170. The van der Waals surface area contributed by atoms with Crippen LogP contribution in [0.2, 0.25) is 0 Å². The fourth-order valence-corrected chi connectivity index (χ4v) is 0.782. The van der Waals surface area contributed by atoms with Crippen molar-refractivity contribution in [3.8, 4) is 0 Å². The van der Waals surface area contributed by atoms with Crippen molar-refractivity contribution in [2.75, 3.05) is 0 Å². The smallest absolute Gasteiger partial charge is 0.0280 e.